The molecule has 1 atom stereocenters. The zero-order valence-electron chi connectivity index (χ0n) is 18.3. The number of rotatable bonds is 3. The number of benzene rings is 3. The van der Waals surface area contributed by atoms with E-state index in [0.29, 0.717) is 11.8 Å². The van der Waals surface area contributed by atoms with Crippen molar-refractivity contribution in [2.75, 3.05) is 4.90 Å². The standard InChI is InChI=1S/C27H20N4O3/c1-18-25(33)30(27(34-18)16-14-21(32)15-17-27)26-28-24(29-31(26)20-10-3-2-4-11-20)23-13-7-9-19-8-5-6-12-22(19)23/h2-18H,1H3. The number of carbonyl (C=O) groups is 2. The third-order valence-corrected chi connectivity index (χ3v) is 6.08. The maximum Gasteiger partial charge on any atom is 0.261 e. The van der Waals surface area contributed by atoms with Gasteiger partial charge in [-0.15, -0.1) is 5.10 Å². The molecular weight excluding hydrogens is 428 g/mol. The molecule has 7 nitrogen and oxygen atoms in total. The lowest BCUT2D eigenvalue weighted by molar-refractivity contribution is -0.121. The minimum Gasteiger partial charge on any atom is -0.335 e. The smallest absolute Gasteiger partial charge is 0.261 e. The monoisotopic (exact) mass is 448 g/mol. The number of hydrogen-bond donors (Lipinski definition) is 0. The summed E-state index contributed by atoms with van der Waals surface area (Å²) in [5.41, 5.74) is 0.354. The first-order chi connectivity index (χ1) is 16.6. The van der Waals surface area contributed by atoms with Crippen molar-refractivity contribution in [2.45, 2.75) is 18.8 Å². The molecule has 1 aliphatic carbocycles. The molecular formula is C27H20N4O3. The van der Waals surface area contributed by atoms with Gasteiger partial charge in [0.2, 0.25) is 5.95 Å². The first kappa shape index (κ1) is 20.3. The quantitative estimate of drug-likeness (QED) is 0.469. The Bertz CT molecular complexity index is 1480. The van der Waals surface area contributed by atoms with Crippen molar-refractivity contribution >= 4 is 28.4 Å². The highest BCUT2D eigenvalue weighted by Crippen LogP contribution is 2.39. The van der Waals surface area contributed by atoms with E-state index >= 15 is 0 Å². The van der Waals surface area contributed by atoms with Crippen LogP contribution in [0.1, 0.15) is 6.92 Å². The van der Waals surface area contributed by atoms with Gasteiger partial charge in [-0.05, 0) is 54.1 Å². The van der Waals surface area contributed by atoms with Gasteiger partial charge in [-0.2, -0.15) is 9.67 Å². The molecule has 166 valence electrons. The summed E-state index contributed by atoms with van der Waals surface area (Å²) in [4.78, 5) is 31.6. The molecule has 7 heteroatoms. The second kappa shape index (κ2) is 7.60. The molecule has 2 aliphatic rings. The van der Waals surface area contributed by atoms with Gasteiger partial charge < -0.3 is 4.74 Å². The molecule has 1 amide bonds. The van der Waals surface area contributed by atoms with E-state index in [1.807, 2.05) is 72.8 Å². The van der Waals surface area contributed by atoms with Crippen LogP contribution in [0.25, 0.3) is 27.8 Å². The van der Waals surface area contributed by atoms with Crippen LogP contribution in [0.2, 0.25) is 0 Å². The zero-order valence-corrected chi connectivity index (χ0v) is 18.3. The van der Waals surface area contributed by atoms with Gasteiger partial charge >= 0.3 is 0 Å². The topological polar surface area (TPSA) is 77.3 Å². The van der Waals surface area contributed by atoms with Crippen LogP contribution in [0, 0.1) is 0 Å². The van der Waals surface area contributed by atoms with Gasteiger partial charge in [0.1, 0.15) is 6.10 Å². The molecule has 1 spiro atoms. The molecule has 3 aromatic carbocycles. The summed E-state index contributed by atoms with van der Waals surface area (Å²) in [6, 6.07) is 23.5. The second-order valence-electron chi connectivity index (χ2n) is 8.26. The third kappa shape index (κ3) is 3.09. The number of ether oxygens (including phenoxy) is 1. The number of carbonyl (C=O) groups excluding carboxylic acids is 2. The Kier molecular flexibility index (Phi) is 4.53. The number of nitrogens with zero attached hydrogens (tertiary/aromatic N) is 4. The molecule has 1 unspecified atom stereocenters. The Hall–Kier alpha value is -4.36. The van der Waals surface area contributed by atoms with Crippen LogP contribution in [0.4, 0.5) is 5.95 Å². The number of fused-ring (bicyclic) bond motifs is 1. The summed E-state index contributed by atoms with van der Waals surface area (Å²) >= 11 is 0. The van der Waals surface area contributed by atoms with Crippen molar-refractivity contribution in [3.8, 4) is 17.1 Å². The minimum absolute atomic E-state index is 0.165. The Morgan fingerprint density at radius 2 is 1.59 bits per heavy atom. The molecule has 0 bridgehead atoms. The van der Waals surface area contributed by atoms with Crippen LogP contribution in [-0.2, 0) is 14.3 Å². The largest absolute Gasteiger partial charge is 0.335 e. The van der Waals surface area contributed by atoms with Crippen molar-refractivity contribution in [3.63, 3.8) is 0 Å². The van der Waals surface area contributed by atoms with Crippen molar-refractivity contribution in [3.05, 3.63) is 97.1 Å². The molecule has 1 aromatic heterocycles. The van der Waals surface area contributed by atoms with Gasteiger partial charge in [-0.3, -0.25) is 9.59 Å². The number of allylic oxidation sites excluding steroid dienone is 2. The predicted molar refractivity (Wildman–Crippen MR) is 128 cm³/mol. The van der Waals surface area contributed by atoms with Gasteiger partial charge in [0.25, 0.3) is 5.91 Å². The lowest BCUT2D eigenvalue weighted by Gasteiger charge is -2.31. The van der Waals surface area contributed by atoms with E-state index in [9.17, 15) is 9.59 Å². The first-order valence-electron chi connectivity index (χ1n) is 11.0. The second-order valence-corrected chi connectivity index (χ2v) is 8.26. The van der Waals surface area contributed by atoms with Gasteiger partial charge in [0, 0.05) is 5.56 Å². The summed E-state index contributed by atoms with van der Waals surface area (Å²) < 4.78 is 7.71. The van der Waals surface area contributed by atoms with Gasteiger partial charge in [-0.1, -0.05) is 60.7 Å². The van der Waals surface area contributed by atoms with Gasteiger partial charge in [0.05, 0.1) is 5.69 Å². The lowest BCUT2D eigenvalue weighted by atomic mass is 10.0. The Labute approximate surface area is 195 Å². The normalized spacial score (nSPS) is 19.0. The van der Waals surface area contributed by atoms with Crippen LogP contribution >= 0.6 is 0 Å². The average molecular weight is 448 g/mol. The minimum atomic E-state index is -1.25. The average Bonchev–Trinajstić information content (AvgIpc) is 3.40. The maximum absolute atomic E-state index is 13.4. The molecule has 34 heavy (non-hydrogen) atoms. The van der Waals surface area contributed by atoms with Gasteiger partial charge in [0.15, 0.2) is 17.3 Å². The number of anilines is 1. The fourth-order valence-corrected chi connectivity index (χ4v) is 4.46. The van der Waals surface area contributed by atoms with Crippen LogP contribution in [0.5, 0.6) is 0 Å². The summed E-state index contributed by atoms with van der Waals surface area (Å²) in [6.07, 6.45) is 5.29. The van der Waals surface area contributed by atoms with Crippen LogP contribution < -0.4 is 4.90 Å². The van der Waals surface area contributed by atoms with Gasteiger partial charge in [-0.25, -0.2) is 4.90 Å². The lowest BCUT2D eigenvalue weighted by Crippen LogP contribution is -2.46. The summed E-state index contributed by atoms with van der Waals surface area (Å²) in [5.74, 6) is 0.366. The molecule has 4 aromatic rings. The highest BCUT2D eigenvalue weighted by Gasteiger charge is 2.51. The molecule has 0 radical (unpaired) electrons. The molecule has 1 fully saturated rings. The maximum atomic E-state index is 13.4. The Morgan fingerprint density at radius 1 is 0.882 bits per heavy atom. The van der Waals surface area contributed by atoms with E-state index in [2.05, 4.69) is 0 Å². The molecule has 6 rings (SSSR count). The Morgan fingerprint density at radius 3 is 2.38 bits per heavy atom. The van der Waals surface area contributed by atoms with E-state index in [1.165, 1.54) is 17.1 Å². The van der Waals surface area contributed by atoms with Crippen molar-refractivity contribution in [1.29, 1.82) is 0 Å². The fraction of sp³-hybridized carbons (Fsp3) is 0.111. The van der Waals surface area contributed by atoms with E-state index in [-0.39, 0.29) is 11.7 Å². The summed E-state index contributed by atoms with van der Waals surface area (Å²) in [5, 5.41) is 6.92. The number of hydrogen-bond acceptors (Lipinski definition) is 5. The number of amides is 1. The zero-order chi connectivity index (χ0) is 23.3. The highest BCUT2D eigenvalue weighted by atomic mass is 16.5. The summed E-state index contributed by atoms with van der Waals surface area (Å²) in [7, 11) is 0. The van der Waals surface area contributed by atoms with Crippen LogP contribution in [-0.4, -0.2) is 38.3 Å². The summed E-state index contributed by atoms with van der Waals surface area (Å²) in [6.45, 7) is 1.69. The number of aromatic nitrogens is 3. The van der Waals surface area contributed by atoms with E-state index < -0.39 is 11.8 Å². The van der Waals surface area contributed by atoms with E-state index in [0.717, 1.165) is 22.0 Å². The van der Waals surface area contributed by atoms with Crippen molar-refractivity contribution < 1.29 is 14.3 Å². The third-order valence-electron chi connectivity index (χ3n) is 6.08. The highest BCUT2D eigenvalue weighted by molar-refractivity contribution is 6.04. The number of ketones is 1. The molecule has 1 aliphatic heterocycles. The SMILES string of the molecule is CC1OC2(C=CC(=O)C=C2)N(c2nc(-c3cccc4ccccc34)nn2-c2ccccc2)C1=O. The first-order valence-corrected chi connectivity index (χ1v) is 11.0. The molecule has 2 heterocycles. The van der Waals surface area contributed by atoms with Crippen molar-refractivity contribution in [2.24, 2.45) is 0 Å². The van der Waals surface area contributed by atoms with Crippen LogP contribution in [0.3, 0.4) is 0 Å². The molecule has 0 saturated carbocycles. The fourth-order valence-electron chi connectivity index (χ4n) is 4.46. The number of para-hydroxylation sites is 1. The van der Waals surface area contributed by atoms with Crippen molar-refractivity contribution in [1.82, 2.24) is 14.8 Å². The van der Waals surface area contributed by atoms with E-state index in [4.69, 9.17) is 14.8 Å². The predicted octanol–water partition coefficient (Wildman–Crippen LogP) is 4.23. The molecule has 0 N–H and O–H groups in total. The van der Waals surface area contributed by atoms with E-state index in [1.54, 1.807) is 23.8 Å². The molecule has 1 saturated heterocycles. The Balaban J connectivity index is 1.59. The van der Waals surface area contributed by atoms with Crippen LogP contribution in [0.15, 0.2) is 97.1 Å².